The van der Waals surface area contributed by atoms with Crippen LogP contribution in [0.3, 0.4) is 0 Å². The summed E-state index contributed by atoms with van der Waals surface area (Å²) in [5, 5.41) is 22.1. The zero-order chi connectivity index (χ0) is 27.6. The SMILES string of the molecule is O=C(O)CCc1ccc2c(N(C(=O)c3ccc(-n4nnc5cccnc54)cc3F)[C@@H]3CCCNC3)nccc2c1. The van der Waals surface area contributed by atoms with Crippen molar-refractivity contribution in [2.75, 3.05) is 18.0 Å². The second-order valence-corrected chi connectivity index (χ2v) is 9.77. The molecule has 0 bridgehead atoms. The number of benzene rings is 2. The van der Waals surface area contributed by atoms with Gasteiger partial charge in [-0.05, 0) is 67.1 Å². The third-order valence-electron chi connectivity index (χ3n) is 7.15. The molecule has 11 heteroatoms. The highest BCUT2D eigenvalue weighted by molar-refractivity contribution is 6.10. The molecule has 1 amide bonds. The number of aromatic nitrogens is 5. The normalized spacial score (nSPS) is 15.4. The van der Waals surface area contributed by atoms with Gasteiger partial charge in [0.2, 0.25) is 0 Å². The second kappa shape index (κ2) is 10.8. The van der Waals surface area contributed by atoms with E-state index in [1.165, 1.54) is 16.8 Å². The summed E-state index contributed by atoms with van der Waals surface area (Å²) in [5.41, 5.74) is 2.26. The van der Waals surface area contributed by atoms with Crippen molar-refractivity contribution in [3.8, 4) is 5.69 Å². The Morgan fingerprint density at radius 1 is 1.10 bits per heavy atom. The molecule has 1 aliphatic rings. The van der Waals surface area contributed by atoms with Gasteiger partial charge in [-0.2, -0.15) is 4.68 Å². The molecule has 0 radical (unpaired) electrons. The first kappa shape index (κ1) is 25.5. The van der Waals surface area contributed by atoms with Crippen LogP contribution in [-0.4, -0.2) is 61.1 Å². The number of piperidine rings is 1. The van der Waals surface area contributed by atoms with Crippen molar-refractivity contribution in [1.29, 1.82) is 0 Å². The molecule has 1 atom stereocenters. The van der Waals surface area contributed by atoms with Crippen LogP contribution >= 0.6 is 0 Å². The Kier molecular flexibility index (Phi) is 6.87. The Bertz CT molecular complexity index is 1730. The van der Waals surface area contributed by atoms with Crippen molar-refractivity contribution in [2.24, 2.45) is 0 Å². The van der Waals surface area contributed by atoms with Crippen LogP contribution in [0.4, 0.5) is 10.2 Å². The third-order valence-corrected chi connectivity index (χ3v) is 7.15. The van der Waals surface area contributed by atoms with E-state index in [9.17, 15) is 9.59 Å². The van der Waals surface area contributed by atoms with Crippen LogP contribution < -0.4 is 10.2 Å². The lowest BCUT2D eigenvalue weighted by Gasteiger charge is -2.34. The summed E-state index contributed by atoms with van der Waals surface area (Å²) in [5.74, 6) is -1.60. The number of nitrogens with zero attached hydrogens (tertiary/aromatic N) is 6. The summed E-state index contributed by atoms with van der Waals surface area (Å²) in [6, 6.07) is 15.1. The quantitative estimate of drug-likeness (QED) is 0.319. The number of carboxylic acids is 1. The van der Waals surface area contributed by atoms with E-state index >= 15 is 4.39 Å². The molecule has 6 rings (SSSR count). The van der Waals surface area contributed by atoms with Gasteiger partial charge < -0.3 is 10.4 Å². The molecule has 0 aliphatic carbocycles. The first-order valence-corrected chi connectivity index (χ1v) is 13.1. The smallest absolute Gasteiger partial charge is 0.303 e. The number of amides is 1. The number of hydrogen-bond acceptors (Lipinski definition) is 7. The molecule has 40 heavy (non-hydrogen) atoms. The molecule has 1 saturated heterocycles. The molecule has 2 N–H and O–H groups in total. The van der Waals surface area contributed by atoms with Crippen molar-refractivity contribution in [3.05, 3.63) is 83.9 Å². The summed E-state index contributed by atoms with van der Waals surface area (Å²) in [4.78, 5) is 35.6. The minimum Gasteiger partial charge on any atom is -0.481 e. The van der Waals surface area contributed by atoms with Gasteiger partial charge in [0.25, 0.3) is 5.91 Å². The van der Waals surface area contributed by atoms with E-state index in [0.717, 1.165) is 35.7 Å². The minimum absolute atomic E-state index is 0.0253. The van der Waals surface area contributed by atoms with Crippen molar-refractivity contribution in [1.82, 2.24) is 30.3 Å². The lowest BCUT2D eigenvalue weighted by atomic mass is 10.0. The fourth-order valence-electron chi connectivity index (χ4n) is 5.18. The maximum Gasteiger partial charge on any atom is 0.303 e. The maximum atomic E-state index is 15.6. The molecule has 4 heterocycles. The van der Waals surface area contributed by atoms with Crippen LogP contribution in [0.2, 0.25) is 0 Å². The number of aryl methyl sites for hydroxylation is 1. The van der Waals surface area contributed by atoms with Gasteiger partial charge in [0.05, 0.1) is 17.3 Å². The fourth-order valence-corrected chi connectivity index (χ4v) is 5.18. The highest BCUT2D eigenvalue weighted by Gasteiger charge is 2.31. The van der Waals surface area contributed by atoms with Crippen molar-refractivity contribution in [2.45, 2.75) is 31.7 Å². The Hall–Kier alpha value is -4.77. The zero-order valence-electron chi connectivity index (χ0n) is 21.5. The van der Waals surface area contributed by atoms with Crippen LogP contribution in [0.25, 0.3) is 27.6 Å². The first-order chi connectivity index (χ1) is 19.5. The van der Waals surface area contributed by atoms with Gasteiger partial charge in [-0.25, -0.2) is 14.4 Å². The Morgan fingerprint density at radius 2 is 2.00 bits per heavy atom. The molecule has 0 saturated carbocycles. The lowest BCUT2D eigenvalue weighted by Crippen LogP contribution is -2.49. The number of halogens is 1. The van der Waals surface area contributed by atoms with Crippen LogP contribution in [-0.2, 0) is 11.2 Å². The van der Waals surface area contributed by atoms with Crippen molar-refractivity contribution >= 4 is 39.6 Å². The van der Waals surface area contributed by atoms with Gasteiger partial charge in [0.15, 0.2) is 5.65 Å². The highest BCUT2D eigenvalue weighted by atomic mass is 19.1. The fraction of sp³-hybridized carbons (Fsp3) is 0.241. The summed E-state index contributed by atoms with van der Waals surface area (Å²) in [6.45, 7) is 1.40. The number of anilines is 1. The second-order valence-electron chi connectivity index (χ2n) is 9.77. The van der Waals surface area contributed by atoms with Crippen LogP contribution in [0.1, 0.15) is 35.2 Å². The number of rotatable bonds is 7. The van der Waals surface area contributed by atoms with Crippen LogP contribution in [0.5, 0.6) is 0 Å². The number of pyridine rings is 2. The van der Waals surface area contributed by atoms with E-state index < -0.39 is 17.7 Å². The Balaban J connectivity index is 1.39. The Morgan fingerprint density at radius 3 is 2.80 bits per heavy atom. The average Bonchev–Trinajstić information content (AvgIpc) is 3.41. The van der Waals surface area contributed by atoms with Gasteiger partial charge >= 0.3 is 5.97 Å². The van der Waals surface area contributed by atoms with E-state index in [0.29, 0.717) is 35.6 Å². The molecule has 0 unspecified atom stereocenters. The number of hydrogen-bond donors (Lipinski definition) is 2. The number of carbonyl (C=O) groups is 2. The molecule has 1 aliphatic heterocycles. The molecular formula is C29H26FN7O3. The van der Waals surface area contributed by atoms with Gasteiger partial charge in [-0.15, -0.1) is 5.10 Å². The Labute approximate surface area is 228 Å². The van der Waals surface area contributed by atoms with E-state index in [4.69, 9.17) is 5.11 Å². The summed E-state index contributed by atoms with van der Waals surface area (Å²) in [6.07, 6.45) is 5.26. The molecule has 1 fully saturated rings. The molecular weight excluding hydrogens is 513 g/mol. The molecule has 3 aromatic heterocycles. The van der Waals surface area contributed by atoms with Gasteiger partial charge in [0.1, 0.15) is 17.2 Å². The van der Waals surface area contributed by atoms with Crippen LogP contribution in [0.15, 0.2) is 67.0 Å². The number of aliphatic carboxylic acids is 1. The van der Waals surface area contributed by atoms with Gasteiger partial charge in [0, 0.05) is 36.8 Å². The topological polar surface area (TPSA) is 126 Å². The largest absolute Gasteiger partial charge is 0.481 e. The highest BCUT2D eigenvalue weighted by Crippen LogP contribution is 2.31. The summed E-state index contributed by atoms with van der Waals surface area (Å²) >= 11 is 0. The number of carboxylic acid groups (broad SMARTS) is 1. The molecule has 2 aromatic carbocycles. The molecule has 10 nitrogen and oxygen atoms in total. The first-order valence-electron chi connectivity index (χ1n) is 13.1. The predicted octanol–water partition coefficient (Wildman–Crippen LogP) is 3.92. The van der Waals surface area contributed by atoms with E-state index in [2.05, 4.69) is 25.6 Å². The van der Waals surface area contributed by atoms with E-state index in [1.54, 1.807) is 35.5 Å². The predicted molar refractivity (Wildman–Crippen MR) is 147 cm³/mol. The van der Waals surface area contributed by atoms with Crippen molar-refractivity contribution in [3.63, 3.8) is 0 Å². The van der Waals surface area contributed by atoms with Crippen LogP contribution in [0, 0.1) is 5.82 Å². The zero-order valence-corrected chi connectivity index (χ0v) is 21.5. The standard InChI is InChI=1S/C29H26FN7O3/c30-24-16-20(37-28-25(34-35-37)4-2-13-32-28)7-9-23(24)29(40)36(21-3-1-12-31-17-21)27-22-8-5-18(6-10-26(38)39)15-19(22)11-14-33-27/h2,4-5,7-9,11,13-16,21,31H,1,3,6,10,12,17H2,(H,38,39)/t21-/m1/s1. The average molecular weight is 540 g/mol. The van der Waals surface area contributed by atoms with Crippen molar-refractivity contribution < 1.29 is 19.1 Å². The molecule has 5 aromatic rings. The monoisotopic (exact) mass is 539 g/mol. The maximum absolute atomic E-state index is 15.6. The lowest BCUT2D eigenvalue weighted by molar-refractivity contribution is -0.136. The van der Waals surface area contributed by atoms with E-state index in [1.807, 2.05) is 24.3 Å². The van der Waals surface area contributed by atoms with Gasteiger partial charge in [-0.3, -0.25) is 14.5 Å². The minimum atomic E-state index is -0.863. The van der Waals surface area contributed by atoms with Gasteiger partial charge in [-0.1, -0.05) is 23.4 Å². The summed E-state index contributed by atoms with van der Waals surface area (Å²) < 4.78 is 17.1. The summed E-state index contributed by atoms with van der Waals surface area (Å²) in [7, 11) is 0. The number of carbonyl (C=O) groups excluding carboxylic acids is 1. The molecule has 202 valence electrons. The molecule has 0 spiro atoms. The third kappa shape index (κ3) is 4.87. The number of nitrogens with one attached hydrogen (secondary N) is 1. The van der Waals surface area contributed by atoms with E-state index in [-0.39, 0.29) is 18.0 Å². The number of fused-ring (bicyclic) bond motifs is 2.